The summed E-state index contributed by atoms with van der Waals surface area (Å²) in [5.74, 6) is 0.221. The SMILES string of the molecule is CCc1ccc(C(=O)CN2CCC(OC)CC2)cc1. The summed E-state index contributed by atoms with van der Waals surface area (Å²) in [5, 5.41) is 0. The molecule has 0 aromatic heterocycles. The molecular weight excluding hydrogens is 238 g/mol. The van der Waals surface area contributed by atoms with Crippen LogP contribution >= 0.6 is 0 Å². The second kappa shape index (κ2) is 6.83. The molecule has 0 unspecified atom stereocenters. The van der Waals surface area contributed by atoms with Crippen molar-refractivity contribution < 1.29 is 9.53 Å². The Morgan fingerprint density at radius 1 is 1.26 bits per heavy atom. The molecule has 0 amide bonds. The van der Waals surface area contributed by atoms with E-state index in [1.54, 1.807) is 7.11 Å². The molecule has 1 saturated heterocycles. The molecule has 0 atom stereocenters. The molecule has 1 aromatic carbocycles. The van der Waals surface area contributed by atoms with E-state index < -0.39 is 0 Å². The molecule has 1 heterocycles. The van der Waals surface area contributed by atoms with Crippen LogP contribution in [0.1, 0.15) is 35.7 Å². The molecule has 104 valence electrons. The summed E-state index contributed by atoms with van der Waals surface area (Å²) in [6.45, 7) is 4.56. The minimum atomic E-state index is 0.221. The first-order valence-corrected chi connectivity index (χ1v) is 7.10. The van der Waals surface area contributed by atoms with Gasteiger partial charge in [-0.25, -0.2) is 0 Å². The van der Waals surface area contributed by atoms with Crippen LogP contribution in [0.15, 0.2) is 24.3 Å². The summed E-state index contributed by atoms with van der Waals surface area (Å²) in [6.07, 6.45) is 3.44. The fourth-order valence-electron chi connectivity index (χ4n) is 2.52. The van der Waals surface area contributed by atoms with Gasteiger partial charge in [-0.1, -0.05) is 31.2 Å². The van der Waals surface area contributed by atoms with Gasteiger partial charge in [-0.2, -0.15) is 0 Å². The second-order valence-electron chi connectivity index (χ2n) is 5.18. The number of nitrogens with zero attached hydrogens (tertiary/aromatic N) is 1. The molecular formula is C16H23NO2. The summed E-state index contributed by atoms with van der Waals surface area (Å²) in [4.78, 5) is 14.4. The lowest BCUT2D eigenvalue weighted by Gasteiger charge is -2.30. The second-order valence-corrected chi connectivity index (χ2v) is 5.18. The molecule has 19 heavy (non-hydrogen) atoms. The minimum absolute atomic E-state index is 0.221. The number of aryl methyl sites for hydroxylation is 1. The monoisotopic (exact) mass is 261 g/mol. The quantitative estimate of drug-likeness (QED) is 0.763. The molecule has 1 aliphatic heterocycles. The van der Waals surface area contributed by atoms with Crippen LogP contribution in [0.2, 0.25) is 0 Å². The number of likely N-dealkylation sites (tertiary alicyclic amines) is 1. The minimum Gasteiger partial charge on any atom is -0.381 e. The van der Waals surface area contributed by atoms with Gasteiger partial charge in [0, 0.05) is 25.8 Å². The summed E-state index contributed by atoms with van der Waals surface area (Å²) in [7, 11) is 1.76. The van der Waals surface area contributed by atoms with Gasteiger partial charge in [0.2, 0.25) is 0 Å². The molecule has 1 aliphatic rings. The number of hydrogen-bond acceptors (Lipinski definition) is 3. The Balaban J connectivity index is 1.87. The number of benzene rings is 1. The molecule has 1 aromatic rings. The first-order valence-electron chi connectivity index (χ1n) is 7.10. The maximum absolute atomic E-state index is 12.2. The fourth-order valence-corrected chi connectivity index (χ4v) is 2.52. The van der Waals surface area contributed by atoms with Crippen molar-refractivity contribution >= 4 is 5.78 Å². The van der Waals surface area contributed by atoms with Crippen LogP contribution in [0.25, 0.3) is 0 Å². The molecule has 0 N–H and O–H groups in total. The van der Waals surface area contributed by atoms with Crippen molar-refractivity contribution in [1.82, 2.24) is 4.90 Å². The smallest absolute Gasteiger partial charge is 0.176 e. The van der Waals surface area contributed by atoms with E-state index in [9.17, 15) is 4.79 Å². The van der Waals surface area contributed by atoms with E-state index in [2.05, 4.69) is 11.8 Å². The van der Waals surface area contributed by atoms with Gasteiger partial charge >= 0.3 is 0 Å². The lowest BCUT2D eigenvalue weighted by Crippen LogP contribution is -2.39. The van der Waals surface area contributed by atoms with E-state index in [0.29, 0.717) is 12.6 Å². The van der Waals surface area contributed by atoms with Crippen LogP contribution in [-0.2, 0) is 11.2 Å². The highest BCUT2D eigenvalue weighted by Crippen LogP contribution is 2.14. The van der Waals surface area contributed by atoms with Crippen LogP contribution in [0.3, 0.4) is 0 Å². The van der Waals surface area contributed by atoms with Crippen molar-refractivity contribution in [3.63, 3.8) is 0 Å². The summed E-state index contributed by atoms with van der Waals surface area (Å²) in [6, 6.07) is 7.99. The first-order chi connectivity index (χ1) is 9.22. The predicted molar refractivity (Wildman–Crippen MR) is 76.6 cm³/mol. The van der Waals surface area contributed by atoms with E-state index in [1.165, 1.54) is 5.56 Å². The lowest BCUT2D eigenvalue weighted by atomic mass is 10.0. The highest BCUT2D eigenvalue weighted by atomic mass is 16.5. The van der Waals surface area contributed by atoms with Gasteiger partial charge in [-0.15, -0.1) is 0 Å². The number of ketones is 1. The third-order valence-electron chi connectivity index (χ3n) is 3.92. The Bertz CT molecular complexity index is 405. The van der Waals surface area contributed by atoms with Crippen molar-refractivity contribution in [1.29, 1.82) is 0 Å². The van der Waals surface area contributed by atoms with E-state index in [1.807, 2.05) is 24.3 Å². The largest absolute Gasteiger partial charge is 0.381 e. The van der Waals surface area contributed by atoms with Crippen molar-refractivity contribution in [2.45, 2.75) is 32.3 Å². The highest BCUT2D eigenvalue weighted by Gasteiger charge is 2.20. The van der Waals surface area contributed by atoms with Crippen LogP contribution in [-0.4, -0.2) is 43.5 Å². The van der Waals surface area contributed by atoms with E-state index in [4.69, 9.17) is 4.74 Å². The highest BCUT2D eigenvalue weighted by molar-refractivity contribution is 5.97. The molecule has 3 heteroatoms. The van der Waals surface area contributed by atoms with Crippen molar-refractivity contribution in [3.05, 3.63) is 35.4 Å². The summed E-state index contributed by atoms with van der Waals surface area (Å²) < 4.78 is 5.34. The molecule has 1 fully saturated rings. The zero-order valence-electron chi connectivity index (χ0n) is 11.9. The molecule has 2 rings (SSSR count). The van der Waals surface area contributed by atoms with Gasteiger partial charge in [0.1, 0.15) is 0 Å². The molecule has 0 radical (unpaired) electrons. The van der Waals surface area contributed by atoms with E-state index in [0.717, 1.165) is 37.9 Å². The zero-order chi connectivity index (χ0) is 13.7. The third kappa shape index (κ3) is 3.88. The van der Waals surface area contributed by atoms with Gasteiger partial charge < -0.3 is 4.74 Å². The van der Waals surface area contributed by atoms with E-state index in [-0.39, 0.29) is 5.78 Å². The molecule has 0 bridgehead atoms. The molecule has 3 nitrogen and oxygen atoms in total. The Labute approximate surface area is 115 Å². The Morgan fingerprint density at radius 2 is 1.89 bits per heavy atom. The number of carbonyl (C=O) groups is 1. The number of rotatable bonds is 5. The van der Waals surface area contributed by atoms with Crippen molar-refractivity contribution in [2.24, 2.45) is 0 Å². The van der Waals surface area contributed by atoms with Gasteiger partial charge in [0.05, 0.1) is 12.6 Å². The lowest BCUT2D eigenvalue weighted by molar-refractivity contribution is 0.0401. The number of Topliss-reactive ketones (excluding diaryl/α,β-unsaturated/α-hetero) is 1. The first kappa shape index (κ1) is 14.2. The Kier molecular flexibility index (Phi) is 5.11. The van der Waals surface area contributed by atoms with Crippen LogP contribution in [0.5, 0.6) is 0 Å². The Morgan fingerprint density at radius 3 is 2.42 bits per heavy atom. The molecule has 0 saturated carbocycles. The van der Waals surface area contributed by atoms with Crippen molar-refractivity contribution in [3.8, 4) is 0 Å². The maximum Gasteiger partial charge on any atom is 0.176 e. The van der Waals surface area contributed by atoms with Gasteiger partial charge in [0.15, 0.2) is 5.78 Å². The van der Waals surface area contributed by atoms with Gasteiger partial charge in [-0.3, -0.25) is 9.69 Å². The maximum atomic E-state index is 12.2. The molecule has 0 spiro atoms. The van der Waals surface area contributed by atoms with E-state index >= 15 is 0 Å². The number of carbonyl (C=O) groups excluding carboxylic acids is 1. The molecule has 0 aliphatic carbocycles. The third-order valence-corrected chi connectivity index (χ3v) is 3.92. The average molecular weight is 261 g/mol. The topological polar surface area (TPSA) is 29.5 Å². The average Bonchev–Trinajstić information content (AvgIpc) is 2.48. The number of piperidine rings is 1. The normalized spacial score (nSPS) is 17.6. The van der Waals surface area contributed by atoms with Crippen LogP contribution < -0.4 is 0 Å². The zero-order valence-corrected chi connectivity index (χ0v) is 11.9. The number of methoxy groups -OCH3 is 1. The number of ether oxygens (including phenoxy) is 1. The summed E-state index contributed by atoms with van der Waals surface area (Å²) in [5.41, 5.74) is 2.10. The van der Waals surface area contributed by atoms with Crippen LogP contribution in [0.4, 0.5) is 0 Å². The predicted octanol–water partition coefficient (Wildman–Crippen LogP) is 2.54. The standard InChI is InChI=1S/C16H23NO2/c1-3-13-4-6-14(7-5-13)16(18)12-17-10-8-15(19-2)9-11-17/h4-7,15H,3,8-12H2,1-2H3. The van der Waals surface area contributed by atoms with Gasteiger partial charge in [-0.05, 0) is 24.8 Å². The van der Waals surface area contributed by atoms with Gasteiger partial charge in [0.25, 0.3) is 0 Å². The van der Waals surface area contributed by atoms with Crippen LogP contribution in [0, 0.1) is 0 Å². The summed E-state index contributed by atoms with van der Waals surface area (Å²) >= 11 is 0. The number of hydrogen-bond donors (Lipinski definition) is 0. The van der Waals surface area contributed by atoms with Crippen molar-refractivity contribution in [2.75, 3.05) is 26.7 Å². The Hall–Kier alpha value is -1.19. The fraction of sp³-hybridized carbons (Fsp3) is 0.562.